The smallest absolute Gasteiger partial charge is 0.227 e. The van der Waals surface area contributed by atoms with Crippen LogP contribution >= 0.6 is 11.6 Å². The van der Waals surface area contributed by atoms with Crippen molar-refractivity contribution >= 4 is 23.2 Å². The molecule has 0 aliphatic heterocycles. The fourth-order valence-corrected chi connectivity index (χ4v) is 1.94. The van der Waals surface area contributed by atoms with Crippen molar-refractivity contribution < 1.29 is 9.53 Å². The zero-order valence-electron chi connectivity index (χ0n) is 11.8. The van der Waals surface area contributed by atoms with Crippen LogP contribution in [-0.4, -0.2) is 17.5 Å². The maximum Gasteiger partial charge on any atom is 0.227 e. The van der Waals surface area contributed by atoms with Gasteiger partial charge in [-0.25, -0.2) is 4.98 Å². The molecule has 0 saturated heterocycles. The average Bonchev–Trinajstić information content (AvgIpc) is 2.50. The first kappa shape index (κ1) is 15.3. The molecule has 0 bridgehead atoms. The molecule has 0 radical (unpaired) electrons. The molecule has 0 unspecified atom stereocenters. The summed E-state index contributed by atoms with van der Waals surface area (Å²) in [5.41, 5.74) is 1.77. The molecule has 4 nitrogen and oxygen atoms in total. The summed E-state index contributed by atoms with van der Waals surface area (Å²) < 4.78 is 5.53. The second-order valence-corrected chi connectivity index (χ2v) is 4.84. The van der Waals surface area contributed by atoms with Crippen molar-refractivity contribution in [2.45, 2.75) is 19.8 Å². The lowest BCUT2D eigenvalue weighted by Gasteiger charge is -2.08. The van der Waals surface area contributed by atoms with Crippen LogP contribution < -0.4 is 10.1 Å². The van der Waals surface area contributed by atoms with E-state index in [1.807, 2.05) is 24.3 Å². The number of carbonyl (C=O) groups is 1. The number of hydrogen-bond acceptors (Lipinski definition) is 3. The van der Waals surface area contributed by atoms with Gasteiger partial charge in [-0.1, -0.05) is 30.7 Å². The van der Waals surface area contributed by atoms with E-state index in [-0.39, 0.29) is 17.5 Å². The van der Waals surface area contributed by atoms with Crippen LogP contribution in [0.3, 0.4) is 0 Å². The first-order chi connectivity index (χ1) is 10.2. The minimum Gasteiger partial charge on any atom is -0.493 e. The SMILES string of the molecule is CCc1ccc(OCCC(=O)Nc2cccnc2Cl)cc1. The molecule has 5 heteroatoms. The normalized spacial score (nSPS) is 10.2. The Hall–Kier alpha value is -2.07. The summed E-state index contributed by atoms with van der Waals surface area (Å²) in [4.78, 5) is 15.7. The minimum atomic E-state index is -0.157. The molecule has 1 amide bonds. The zero-order valence-corrected chi connectivity index (χ0v) is 12.6. The van der Waals surface area contributed by atoms with Crippen molar-refractivity contribution in [1.29, 1.82) is 0 Å². The van der Waals surface area contributed by atoms with Gasteiger partial charge in [-0.15, -0.1) is 0 Å². The molecule has 0 aliphatic rings. The van der Waals surface area contributed by atoms with E-state index < -0.39 is 0 Å². The Bertz CT molecular complexity index is 599. The van der Waals surface area contributed by atoms with Gasteiger partial charge in [-0.3, -0.25) is 4.79 Å². The molecule has 0 aliphatic carbocycles. The van der Waals surface area contributed by atoms with Gasteiger partial charge in [-0.05, 0) is 36.2 Å². The lowest BCUT2D eigenvalue weighted by atomic mass is 10.2. The summed E-state index contributed by atoms with van der Waals surface area (Å²) in [5, 5.41) is 2.98. The number of nitrogens with zero attached hydrogens (tertiary/aromatic N) is 1. The summed E-state index contributed by atoms with van der Waals surface area (Å²) in [6, 6.07) is 11.3. The number of halogens is 1. The third-order valence-corrected chi connectivity index (χ3v) is 3.26. The van der Waals surface area contributed by atoms with E-state index in [0.717, 1.165) is 12.2 Å². The molecule has 1 aromatic heterocycles. The topological polar surface area (TPSA) is 51.2 Å². The Morgan fingerprint density at radius 3 is 2.71 bits per heavy atom. The fourth-order valence-electron chi connectivity index (χ4n) is 1.77. The summed E-state index contributed by atoms with van der Waals surface area (Å²) in [6.07, 6.45) is 2.82. The van der Waals surface area contributed by atoms with Crippen LogP contribution in [0.4, 0.5) is 5.69 Å². The number of aromatic nitrogens is 1. The Morgan fingerprint density at radius 1 is 1.29 bits per heavy atom. The number of aryl methyl sites for hydroxylation is 1. The number of ether oxygens (including phenoxy) is 1. The zero-order chi connectivity index (χ0) is 15.1. The van der Waals surface area contributed by atoms with Gasteiger partial charge in [-0.2, -0.15) is 0 Å². The standard InChI is InChI=1S/C16H17ClN2O2/c1-2-12-5-7-13(8-6-12)21-11-9-15(20)19-14-4-3-10-18-16(14)17/h3-8,10H,2,9,11H2,1H3,(H,19,20). The van der Waals surface area contributed by atoms with Crippen LogP contribution in [0.5, 0.6) is 5.75 Å². The largest absolute Gasteiger partial charge is 0.493 e. The van der Waals surface area contributed by atoms with Crippen LogP contribution in [0.1, 0.15) is 18.9 Å². The number of benzene rings is 1. The van der Waals surface area contributed by atoms with Gasteiger partial charge < -0.3 is 10.1 Å². The van der Waals surface area contributed by atoms with Gasteiger partial charge in [0.2, 0.25) is 5.91 Å². The molecular weight excluding hydrogens is 288 g/mol. The molecule has 1 N–H and O–H groups in total. The molecular formula is C16H17ClN2O2. The van der Waals surface area contributed by atoms with Gasteiger partial charge in [0.25, 0.3) is 0 Å². The first-order valence-electron chi connectivity index (χ1n) is 6.81. The highest BCUT2D eigenvalue weighted by Gasteiger charge is 2.06. The molecule has 2 aromatic rings. The number of carbonyl (C=O) groups excluding carboxylic acids is 1. The summed E-state index contributed by atoms with van der Waals surface area (Å²) in [6.45, 7) is 2.42. The highest BCUT2D eigenvalue weighted by Crippen LogP contribution is 2.17. The van der Waals surface area contributed by atoms with Crippen LogP contribution in [-0.2, 0) is 11.2 Å². The minimum absolute atomic E-state index is 0.157. The van der Waals surface area contributed by atoms with E-state index in [1.54, 1.807) is 18.3 Å². The van der Waals surface area contributed by atoms with Crippen molar-refractivity contribution in [2.75, 3.05) is 11.9 Å². The van der Waals surface area contributed by atoms with Gasteiger partial charge in [0.15, 0.2) is 5.15 Å². The molecule has 0 saturated carbocycles. The maximum absolute atomic E-state index is 11.8. The highest BCUT2D eigenvalue weighted by atomic mass is 35.5. The Kier molecular flexibility index (Phi) is 5.58. The predicted molar refractivity (Wildman–Crippen MR) is 83.8 cm³/mol. The lowest BCUT2D eigenvalue weighted by molar-refractivity contribution is -0.116. The van der Waals surface area contributed by atoms with E-state index in [9.17, 15) is 4.79 Å². The molecule has 110 valence electrons. The number of pyridine rings is 1. The predicted octanol–water partition coefficient (Wildman–Crippen LogP) is 3.71. The molecule has 0 spiro atoms. The number of nitrogens with one attached hydrogen (secondary N) is 1. The average molecular weight is 305 g/mol. The van der Waals surface area contributed by atoms with Crippen molar-refractivity contribution in [3.05, 3.63) is 53.3 Å². The van der Waals surface area contributed by atoms with Crippen LogP contribution in [0, 0.1) is 0 Å². The molecule has 2 rings (SSSR count). The van der Waals surface area contributed by atoms with Crippen molar-refractivity contribution in [1.82, 2.24) is 4.98 Å². The van der Waals surface area contributed by atoms with E-state index in [2.05, 4.69) is 17.2 Å². The number of rotatable bonds is 6. The molecule has 0 fully saturated rings. The Morgan fingerprint density at radius 2 is 2.05 bits per heavy atom. The van der Waals surface area contributed by atoms with Crippen molar-refractivity contribution in [3.8, 4) is 5.75 Å². The first-order valence-corrected chi connectivity index (χ1v) is 7.19. The Labute approximate surface area is 129 Å². The number of hydrogen-bond donors (Lipinski definition) is 1. The van der Waals surface area contributed by atoms with Gasteiger partial charge in [0.1, 0.15) is 5.75 Å². The van der Waals surface area contributed by atoms with Crippen LogP contribution in [0.25, 0.3) is 0 Å². The number of amides is 1. The van der Waals surface area contributed by atoms with Crippen LogP contribution in [0.2, 0.25) is 5.15 Å². The van der Waals surface area contributed by atoms with E-state index >= 15 is 0 Å². The van der Waals surface area contributed by atoms with E-state index in [1.165, 1.54) is 5.56 Å². The maximum atomic E-state index is 11.8. The molecule has 1 heterocycles. The summed E-state index contributed by atoms with van der Waals surface area (Å²) in [5.74, 6) is 0.606. The van der Waals surface area contributed by atoms with Crippen molar-refractivity contribution in [2.24, 2.45) is 0 Å². The van der Waals surface area contributed by atoms with E-state index in [0.29, 0.717) is 12.3 Å². The van der Waals surface area contributed by atoms with E-state index in [4.69, 9.17) is 16.3 Å². The fraction of sp³-hybridized carbons (Fsp3) is 0.250. The monoisotopic (exact) mass is 304 g/mol. The van der Waals surface area contributed by atoms with Crippen LogP contribution in [0.15, 0.2) is 42.6 Å². The highest BCUT2D eigenvalue weighted by molar-refractivity contribution is 6.32. The third kappa shape index (κ3) is 4.76. The van der Waals surface area contributed by atoms with Gasteiger partial charge >= 0.3 is 0 Å². The Balaban J connectivity index is 1.77. The number of anilines is 1. The summed E-state index contributed by atoms with van der Waals surface area (Å²) in [7, 11) is 0. The lowest BCUT2D eigenvalue weighted by Crippen LogP contribution is -2.15. The quantitative estimate of drug-likeness (QED) is 0.828. The molecule has 21 heavy (non-hydrogen) atoms. The third-order valence-electron chi connectivity index (χ3n) is 2.96. The summed E-state index contributed by atoms with van der Waals surface area (Å²) >= 11 is 5.87. The second kappa shape index (κ2) is 7.64. The van der Waals surface area contributed by atoms with Gasteiger partial charge in [0, 0.05) is 6.20 Å². The second-order valence-electron chi connectivity index (χ2n) is 4.49. The molecule has 0 atom stereocenters. The molecule has 1 aromatic carbocycles. The van der Waals surface area contributed by atoms with Crippen molar-refractivity contribution in [3.63, 3.8) is 0 Å². The van der Waals surface area contributed by atoms with Gasteiger partial charge in [0.05, 0.1) is 18.7 Å².